The molecular formula is C12H13N3. The Bertz CT molecular complexity index is 491. The van der Waals surface area contributed by atoms with Gasteiger partial charge in [0, 0.05) is 18.1 Å². The van der Waals surface area contributed by atoms with Crippen LogP contribution in [-0.4, -0.2) is 16.5 Å². The first-order chi connectivity index (χ1) is 7.25. The Morgan fingerprint density at radius 1 is 1.40 bits per heavy atom. The van der Waals surface area contributed by atoms with Crippen LogP contribution in [0.15, 0.2) is 42.6 Å². The van der Waals surface area contributed by atoms with Crippen LogP contribution >= 0.6 is 0 Å². The standard InChI is InChI=1S/C12H13N3/c1-9(2)7-13-12-14-8-10-5-3-4-6-11(10)15-12/h3-6,8H,1,7H2,2H3,(H,13,14,15). The Kier molecular flexibility index (Phi) is 2.63. The smallest absolute Gasteiger partial charge is 0.223 e. The zero-order valence-corrected chi connectivity index (χ0v) is 8.70. The van der Waals surface area contributed by atoms with Crippen LogP contribution in [-0.2, 0) is 0 Å². The van der Waals surface area contributed by atoms with E-state index in [9.17, 15) is 0 Å². The number of anilines is 1. The third kappa shape index (κ3) is 2.31. The predicted octanol–water partition coefficient (Wildman–Crippen LogP) is 2.62. The molecule has 1 aromatic heterocycles. The summed E-state index contributed by atoms with van der Waals surface area (Å²) in [5.41, 5.74) is 2.02. The quantitative estimate of drug-likeness (QED) is 0.772. The van der Waals surface area contributed by atoms with E-state index in [0.717, 1.165) is 16.5 Å². The minimum Gasteiger partial charge on any atom is -0.350 e. The number of benzene rings is 1. The summed E-state index contributed by atoms with van der Waals surface area (Å²) in [4.78, 5) is 8.60. The molecule has 0 saturated heterocycles. The van der Waals surface area contributed by atoms with Gasteiger partial charge in [0.25, 0.3) is 0 Å². The Hall–Kier alpha value is -1.90. The van der Waals surface area contributed by atoms with Gasteiger partial charge in [-0.25, -0.2) is 9.97 Å². The first-order valence-corrected chi connectivity index (χ1v) is 4.86. The highest BCUT2D eigenvalue weighted by molar-refractivity contribution is 5.78. The maximum Gasteiger partial charge on any atom is 0.223 e. The van der Waals surface area contributed by atoms with E-state index in [1.165, 1.54) is 0 Å². The van der Waals surface area contributed by atoms with E-state index in [1.807, 2.05) is 37.4 Å². The summed E-state index contributed by atoms with van der Waals surface area (Å²) in [7, 11) is 0. The molecule has 0 radical (unpaired) electrons. The van der Waals surface area contributed by atoms with Gasteiger partial charge < -0.3 is 5.32 Å². The van der Waals surface area contributed by atoms with E-state index in [-0.39, 0.29) is 0 Å². The third-order valence-corrected chi connectivity index (χ3v) is 2.04. The van der Waals surface area contributed by atoms with E-state index in [0.29, 0.717) is 12.5 Å². The molecule has 1 aromatic carbocycles. The Balaban J connectivity index is 2.26. The molecule has 3 nitrogen and oxygen atoms in total. The highest BCUT2D eigenvalue weighted by atomic mass is 15.1. The molecule has 0 saturated carbocycles. The van der Waals surface area contributed by atoms with Crippen molar-refractivity contribution in [3.63, 3.8) is 0 Å². The molecule has 15 heavy (non-hydrogen) atoms. The maximum atomic E-state index is 4.38. The number of para-hydroxylation sites is 1. The second-order valence-corrected chi connectivity index (χ2v) is 3.56. The lowest BCUT2D eigenvalue weighted by Crippen LogP contribution is -2.05. The van der Waals surface area contributed by atoms with E-state index < -0.39 is 0 Å². The minimum atomic E-state index is 0.650. The summed E-state index contributed by atoms with van der Waals surface area (Å²) < 4.78 is 0. The van der Waals surface area contributed by atoms with Gasteiger partial charge in [-0.3, -0.25) is 0 Å². The van der Waals surface area contributed by atoms with Crippen molar-refractivity contribution in [3.8, 4) is 0 Å². The van der Waals surface area contributed by atoms with Crippen molar-refractivity contribution in [2.24, 2.45) is 0 Å². The summed E-state index contributed by atoms with van der Waals surface area (Å²) in [5.74, 6) is 0.650. The molecule has 0 aliphatic carbocycles. The molecule has 0 amide bonds. The number of aromatic nitrogens is 2. The summed E-state index contributed by atoms with van der Waals surface area (Å²) in [6.07, 6.45) is 1.82. The van der Waals surface area contributed by atoms with Crippen molar-refractivity contribution < 1.29 is 0 Å². The van der Waals surface area contributed by atoms with Crippen LogP contribution in [0.3, 0.4) is 0 Å². The van der Waals surface area contributed by atoms with Gasteiger partial charge in [0.1, 0.15) is 0 Å². The zero-order valence-electron chi connectivity index (χ0n) is 8.70. The van der Waals surface area contributed by atoms with E-state index in [2.05, 4.69) is 21.9 Å². The average Bonchev–Trinajstić information content (AvgIpc) is 2.26. The van der Waals surface area contributed by atoms with Crippen molar-refractivity contribution >= 4 is 16.9 Å². The molecular weight excluding hydrogens is 186 g/mol. The van der Waals surface area contributed by atoms with Crippen molar-refractivity contribution in [1.29, 1.82) is 0 Å². The van der Waals surface area contributed by atoms with Gasteiger partial charge >= 0.3 is 0 Å². The highest BCUT2D eigenvalue weighted by Crippen LogP contribution is 2.11. The molecule has 0 unspecified atom stereocenters. The molecule has 3 heteroatoms. The number of hydrogen-bond acceptors (Lipinski definition) is 3. The first kappa shape index (κ1) is 9.65. The van der Waals surface area contributed by atoms with E-state index >= 15 is 0 Å². The molecule has 0 fully saturated rings. The third-order valence-electron chi connectivity index (χ3n) is 2.04. The van der Waals surface area contributed by atoms with Gasteiger partial charge in [-0.15, -0.1) is 0 Å². The number of nitrogens with zero attached hydrogens (tertiary/aromatic N) is 2. The zero-order chi connectivity index (χ0) is 10.7. The predicted molar refractivity (Wildman–Crippen MR) is 62.8 cm³/mol. The molecule has 0 aliphatic heterocycles. The van der Waals surface area contributed by atoms with Gasteiger partial charge in [-0.2, -0.15) is 0 Å². The van der Waals surface area contributed by atoms with Gasteiger partial charge in [0.15, 0.2) is 0 Å². The maximum absolute atomic E-state index is 4.38. The summed E-state index contributed by atoms with van der Waals surface area (Å²) in [6, 6.07) is 7.92. The molecule has 2 rings (SSSR count). The van der Waals surface area contributed by atoms with Crippen LogP contribution in [0.2, 0.25) is 0 Å². The molecule has 2 aromatic rings. The molecule has 1 heterocycles. The summed E-state index contributed by atoms with van der Waals surface area (Å²) >= 11 is 0. The Morgan fingerprint density at radius 2 is 2.20 bits per heavy atom. The topological polar surface area (TPSA) is 37.8 Å². The lowest BCUT2D eigenvalue weighted by atomic mass is 10.2. The largest absolute Gasteiger partial charge is 0.350 e. The molecule has 1 N–H and O–H groups in total. The van der Waals surface area contributed by atoms with Crippen molar-refractivity contribution in [2.45, 2.75) is 6.92 Å². The lowest BCUT2D eigenvalue weighted by molar-refractivity contribution is 1.12. The molecule has 0 bridgehead atoms. The number of nitrogens with one attached hydrogen (secondary N) is 1. The van der Waals surface area contributed by atoms with Crippen LogP contribution in [0.5, 0.6) is 0 Å². The fraction of sp³-hybridized carbons (Fsp3) is 0.167. The van der Waals surface area contributed by atoms with Crippen LogP contribution in [0.25, 0.3) is 10.9 Å². The average molecular weight is 199 g/mol. The highest BCUT2D eigenvalue weighted by Gasteiger charge is 1.97. The van der Waals surface area contributed by atoms with E-state index in [1.54, 1.807) is 0 Å². The minimum absolute atomic E-state index is 0.650. The first-order valence-electron chi connectivity index (χ1n) is 4.86. The van der Waals surface area contributed by atoms with Crippen molar-refractivity contribution in [1.82, 2.24) is 9.97 Å². The number of hydrogen-bond donors (Lipinski definition) is 1. The molecule has 0 aliphatic rings. The van der Waals surface area contributed by atoms with Crippen LogP contribution in [0.4, 0.5) is 5.95 Å². The molecule has 0 atom stereocenters. The van der Waals surface area contributed by atoms with Crippen molar-refractivity contribution in [2.75, 3.05) is 11.9 Å². The number of rotatable bonds is 3. The number of fused-ring (bicyclic) bond motifs is 1. The van der Waals surface area contributed by atoms with Crippen LogP contribution in [0.1, 0.15) is 6.92 Å². The van der Waals surface area contributed by atoms with Gasteiger partial charge in [0.05, 0.1) is 5.52 Å². The molecule has 76 valence electrons. The Labute approximate surface area is 88.9 Å². The SMILES string of the molecule is C=C(C)CNc1ncc2ccccc2n1. The summed E-state index contributed by atoms with van der Waals surface area (Å²) in [5, 5.41) is 4.17. The van der Waals surface area contributed by atoms with Gasteiger partial charge in [0.2, 0.25) is 5.95 Å². The Morgan fingerprint density at radius 3 is 3.00 bits per heavy atom. The van der Waals surface area contributed by atoms with E-state index in [4.69, 9.17) is 0 Å². The van der Waals surface area contributed by atoms with Crippen molar-refractivity contribution in [3.05, 3.63) is 42.6 Å². The second kappa shape index (κ2) is 4.09. The monoisotopic (exact) mass is 199 g/mol. The van der Waals surface area contributed by atoms with Crippen LogP contribution < -0.4 is 5.32 Å². The fourth-order valence-corrected chi connectivity index (χ4v) is 1.29. The van der Waals surface area contributed by atoms with Crippen LogP contribution in [0, 0.1) is 0 Å². The second-order valence-electron chi connectivity index (χ2n) is 3.56. The fourth-order valence-electron chi connectivity index (χ4n) is 1.29. The van der Waals surface area contributed by atoms with Gasteiger partial charge in [-0.05, 0) is 13.0 Å². The molecule has 0 spiro atoms. The normalized spacial score (nSPS) is 10.2. The van der Waals surface area contributed by atoms with Gasteiger partial charge in [-0.1, -0.05) is 30.4 Å². The summed E-state index contributed by atoms with van der Waals surface area (Å²) in [6.45, 7) is 6.49. The lowest BCUT2D eigenvalue weighted by Gasteiger charge is -2.04.